The molecule has 1 unspecified atom stereocenters. The Balaban J connectivity index is 3.25. The number of esters is 1. The first-order chi connectivity index (χ1) is 5.66. The molecule has 72 valence electrons. The molecular formula is C7H13O4S-. The second-order valence-electron chi connectivity index (χ2n) is 2.33. The molecule has 4 nitrogen and oxygen atoms in total. The molecule has 0 bridgehead atoms. The third-order valence-corrected chi connectivity index (χ3v) is 1.78. The Bertz CT molecular complexity index is 157. The summed E-state index contributed by atoms with van der Waals surface area (Å²) in [6.07, 6.45) is 1.33. The van der Waals surface area contributed by atoms with Gasteiger partial charge in [0, 0.05) is 12.2 Å². The first-order valence-corrected chi connectivity index (χ1v) is 5.12. The number of carbonyl (C=O) groups is 1. The number of carbonyl (C=O) groups excluding carboxylic acids is 1. The normalized spacial score (nSPS) is 12.5. The van der Waals surface area contributed by atoms with E-state index in [1.165, 1.54) is 0 Å². The van der Waals surface area contributed by atoms with Crippen molar-refractivity contribution in [3.8, 4) is 0 Å². The van der Waals surface area contributed by atoms with E-state index in [4.69, 9.17) is 4.74 Å². The quantitative estimate of drug-likeness (QED) is 0.457. The minimum Gasteiger partial charge on any atom is -0.772 e. The first kappa shape index (κ1) is 11.6. The van der Waals surface area contributed by atoms with Gasteiger partial charge in [0.05, 0.1) is 6.61 Å². The Morgan fingerprint density at radius 3 is 2.75 bits per heavy atom. The molecule has 12 heavy (non-hydrogen) atoms. The molecule has 0 aliphatic rings. The minimum absolute atomic E-state index is 0.0290. The Morgan fingerprint density at radius 2 is 2.25 bits per heavy atom. The molecule has 5 heteroatoms. The monoisotopic (exact) mass is 193 g/mol. The molecule has 0 spiro atoms. The maximum absolute atomic E-state index is 10.8. The summed E-state index contributed by atoms with van der Waals surface area (Å²) in [6, 6.07) is 0. The molecule has 0 aliphatic heterocycles. The van der Waals surface area contributed by atoms with E-state index in [9.17, 15) is 13.6 Å². The largest absolute Gasteiger partial charge is 0.772 e. The lowest BCUT2D eigenvalue weighted by molar-refractivity contribution is -0.143. The number of hydrogen-bond acceptors (Lipinski definition) is 4. The number of hydrogen-bond donors (Lipinski definition) is 0. The van der Waals surface area contributed by atoms with Gasteiger partial charge in [0.25, 0.3) is 0 Å². The van der Waals surface area contributed by atoms with E-state index in [1.807, 2.05) is 6.92 Å². The van der Waals surface area contributed by atoms with Gasteiger partial charge in [0.2, 0.25) is 0 Å². The van der Waals surface area contributed by atoms with Gasteiger partial charge in [0.15, 0.2) is 0 Å². The highest BCUT2D eigenvalue weighted by Gasteiger charge is 2.00. The predicted molar refractivity (Wildman–Crippen MR) is 44.3 cm³/mol. The van der Waals surface area contributed by atoms with Gasteiger partial charge in [-0.15, -0.1) is 0 Å². The average molecular weight is 193 g/mol. The van der Waals surface area contributed by atoms with Gasteiger partial charge in [-0.3, -0.25) is 9.00 Å². The maximum Gasteiger partial charge on any atom is 0.305 e. The van der Waals surface area contributed by atoms with Crippen LogP contribution in [0.2, 0.25) is 0 Å². The van der Waals surface area contributed by atoms with Crippen LogP contribution in [-0.4, -0.2) is 27.1 Å². The predicted octanol–water partition coefficient (Wildman–Crippen LogP) is 0.599. The van der Waals surface area contributed by atoms with Crippen molar-refractivity contribution in [3.05, 3.63) is 0 Å². The minimum atomic E-state index is -2.05. The molecule has 0 saturated carbocycles. The van der Waals surface area contributed by atoms with Gasteiger partial charge in [0.1, 0.15) is 0 Å². The van der Waals surface area contributed by atoms with Crippen LogP contribution in [0.25, 0.3) is 0 Å². The fourth-order valence-electron chi connectivity index (χ4n) is 0.622. The van der Waals surface area contributed by atoms with Gasteiger partial charge < -0.3 is 9.29 Å². The molecule has 0 aromatic carbocycles. The van der Waals surface area contributed by atoms with Crippen LogP contribution in [-0.2, 0) is 20.6 Å². The number of rotatable bonds is 6. The molecule has 0 aromatic heterocycles. The van der Waals surface area contributed by atoms with E-state index >= 15 is 0 Å². The van der Waals surface area contributed by atoms with E-state index in [1.54, 1.807) is 0 Å². The summed E-state index contributed by atoms with van der Waals surface area (Å²) < 4.78 is 24.8. The molecule has 0 aliphatic carbocycles. The Morgan fingerprint density at radius 1 is 1.58 bits per heavy atom. The topological polar surface area (TPSA) is 66.4 Å². The lowest BCUT2D eigenvalue weighted by Crippen LogP contribution is -2.07. The Kier molecular flexibility index (Phi) is 6.99. The lowest BCUT2D eigenvalue weighted by atomic mass is 10.3. The molecule has 0 aromatic rings. The SMILES string of the molecule is CCCOC(=O)CCCS(=O)[O-]. The molecule has 0 saturated heterocycles. The van der Waals surface area contributed by atoms with Gasteiger partial charge >= 0.3 is 5.97 Å². The zero-order valence-corrected chi connectivity index (χ0v) is 7.89. The fraction of sp³-hybridized carbons (Fsp3) is 0.857. The molecule has 0 fully saturated rings. The number of ether oxygens (including phenoxy) is 1. The molecule has 0 radical (unpaired) electrons. The van der Waals surface area contributed by atoms with Crippen LogP contribution >= 0.6 is 0 Å². The van der Waals surface area contributed by atoms with E-state index in [0.717, 1.165) is 6.42 Å². The van der Waals surface area contributed by atoms with Gasteiger partial charge in [-0.1, -0.05) is 18.0 Å². The van der Waals surface area contributed by atoms with Crippen molar-refractivity contribution in [1.29, 1.82) is 0 Å². The zero-order chi connectivity index (χ0) is 9.40. The van der Waals surface area contributed by atoms with E-state index < -0.39 is 11.1 Å². The average Bonchev–Trinajstić information content (AvgIpc) is 2.00. The summed E-state index contributed by atoms with van der Waals surface area (Å²) in [5, 5.41) is 0. The molecule has 0 N–H and O–H groups in total. The summed E-state index contributed by atoms with van der Waals surface area (Å²) in [5.74, 6) is -0.288. The van der Waals surface area contributed by atoms with Crippen LogP contribution in [0.15, 0.2) is 0 Å². The van der Waals surface area contributed by atoms with Crippen LogP contribution in [0.5, 0.6) is 0 Å². The van der Waals surface area contributed by atoms with Gasteiger partial charge in [-0.25, -0.2) is 0 Å². The fourth-order valence-corrected chi connectivity index (χ4v) is 1.00. The van der Waals surface area contributed by atoms with Crippen LogP contribution < -0.4 is 0 Å². The van der Waals surface area contributed by atoms with Crippen molar-refractivity contribution < 1.29 is 18.3 Å². The van der Waals surface area contributed by atoms with Crippen molar-refractivity contribution in [2.45, 2.75) is 26.2 Å². The van der Waals surface area contributed by atoms with Crippen molar-refractivity contribution in [2.24, 2.45) is 0 Å². The summed E-state index contributed by atoms with van der Waals surface area (Å²) >= 11 is -2.05. The molecule has 0 heterocycles. The zero-order valence-electron chi connectivity index (χ0n) is 7.08. The van der Waals surface area contributed by atoms with Crippen molar-refractivity contribution in [2.75, 3.05) is 12.4 Å². The van der Waals surface area contributed by atoms with Crippen LogP contribution in [0.1, 0.15) is 26.2 Å². The second kappa shape index (κ2) is 7.24. The van der Waals surface area contributed by atoms with Gasteiger partial charge in [-0.05, 0) is 12.8 Å². The van der Waals surface area contributed by atoms with Crippen LogP contribution in [0.3, 0.4) is 0 Å². The summed E-state index contributed by atoms with van der Waals surface area (Å²) in [4.78, 5) is 10.8. The lowest BCUT2D eigenvalue weighted by Gasteiger charge is -2.04. The summed E-state index contributed by atoms with van der Waals surface area (Å²) in [5.41, 5.74) is 0. The van der Waals surface area contributed by atoms with Crippen molar-refractivity contribution in [3.63, 3.8) is 0 Å². The third kappa shape index (κ3) is 7.68. The van der Waals surface area contributed by atoms with Gasteiger partial charge in [-0.2, -0.15) is 0 Å². The Labute approximate surface area is 74.6 Å². The molecule has 1 atom stereocenters. The summed E-state index contributed by atoms with van der Waals surface area (Å²) in [7, 11) is 0. The summed E-state index contributed by atoms with van der Waals surface area (Å²) in [6.45, 7) is 2.32. The highest BCUT2D eigenvalue weighted by atomic mass is 32.2. The second-order valence-corrected chi connectivity index (χ2v) is 3.35. The standard InChI is InChI=1S/C7H14O4S/c1-2-5-11-7(8)4-3-6-12(9)10/h2-6H2,1H3,(H,9,10)/p-1. The smallest absolute Gasteiger partial charge is 0.305 e. The maximum atomic E-state index is 10.8. The highest BCUT2D eigenvalue weighted by Crippen LogP contribution is 1.94. The van der Waals surface area contributed by atoms with Crippen molar-refractivity contribution in [1.82, 2.24) is 0 Å². The van der Waals surface area contributed by atoms with Crippen LogP contribution in [0.4, 0.5) is 0 Å². The first-order valence-electron chi connectivity index (χ1n) is 3.88. The molecule has 0 amide bonds. The molecular weight excluding hydrogens is 180 g/mol. The highest BCUT2D eigenvalue weighted by molar-refractivity contribution is 7.79. The van der Waals surface area contributed by atoms with E-state index in [-0.39, 0.29) is 18.1 Å². The van der Waals surface area contributed by atoms with Crippen molar-refractivity contribution >= 4 is 17.0 Å². The van der Waals surface area contributed by atoms with Crippen LogP contribution in [0, 0.1) is 0 Å². The molecule has 0 rings (SSSR count). The Hall–Kier alpha value is -0.420. The van der Waals surface area contributed by atoms with E-state index in [0.29, 0.717) is 13.0 Å². The van der Waals surface area contributed by atoms with E-state index in [2.05, 4.69) is 0 Å². The third-order valence-electron chi connectivity index (χ3n) is 1.16.